The minimum absolute atomic E-state index is 0.741. The van der Waals surface area contributed by atoms with E-state index in [1.807, 2.05) is 29.9 Å². The van der Waals surface area contributed by atoms with Crippen molar-refractivity contribution in [2.75, 3.05) is 6.54 Å². The number of benzene rings is 2. The molecule has 5 heteroatoms. The molecule has 0 atom stereocenters. The third-order valence-corrected chi connectivity index (χ3v) is 5.84. The molecule has 0 spiro atoms. The SMILES string of the molecule is CCN=c1scc(-c2ccc(C)c(C)c2)n1/N=C/c1ccccc1I. The molecular formula is C20H20IN3S. The van der Waals surface area contributed by atoms with Gasteiger partial charge in [-0.05, 0) is 66.6 Å². The Bertz CT molecular complexity index is 983. The molecule has 0 unspecified atom stereocenters. The average Bonchev–Trinajstić information content (AvgIpc) is 3.00. The van der Waals surface area contributed by atoms with Gasteiger partial charge in [0, 0.05) is 26.6 Å². The number of rotatable bonds is 4. The van der Waals surface area contributed by atoms with Crippen molar-refractivity contribution >= 4 is 40.1 Å². The number of nitrogens with zero attached hydrogens (tertiary/aromatic N) is 3. The Labute approximate surface area is 165 Å². The van der Waals surface area contributed by atoms with Crippen molar-refractivity contribution in [2.24, 2.45) is 10.1 Å². The van der Waals surface area contributed by atoms with E-state index >= 15 is 0 Å². The number of halogens is 1. The second-order valence-electron chi connectivity index (χ2n) is 5.75. The normalized spacial score (nSPS) is 12.2. The van der Waals surface area contributed by atoms with E-state index < -0.39 is 0 Å². The smallest absolute Gasteiger partial charge is 0.206 e. The number of aryl methyl sites for hydroxylation is 2. The number of aromatic nitrogens is 1. The fourth-order valence-corrected chi connectivity index (χ4v) is 3.88. The minimum Gasteiger partial charge on any atom is -0.258 e. The first-order valence-corrected chi connectivity index (χ1v) is 10.1. The van der Waals surface area contributed by atoms with Crippen LogP contribution in [0.4, 0.5) is 0 Å². The van der Waals surface area contributed by atoms with Gasteiger partial charge in [0.15, 0.2) is 0 Å². The van der Waals surface area contributed by atoms with E-state index in [0.717, 1.165) is 28.2 Å². The summed E-state index contributed by atoms with van der Waals surface area (Å²) in [5, 5.41) is 6.88. The van der Waals surface area contributed by atoms with Crippen LogP contribution in [0.2, 0.25) is 0 Å². The van der Waals surface area contributed by atoms with Gasteiger partial charge in [0.1, 0.15) is 0 Å². The molecule has 3 rings (SSSR count). The van der Waals surface area contributed by atoms with E-state index in [1.165, 1.54) is 14.7 Å². The molecule has 0 saturated carbocycles. The van der Waals surface area contributed by atoms with Gasteiger partial charge in [-0.1, -0.05) is 30.3 Å². The maximum absolute atomic E-state index is 4.75. The first-order valence-electron chi connectivity index (χ1n) is 8.17. The molecule has 2 aromatic carbocycles. The molecule has 1 heterocycles. The van der Waals surface area contributed by atoms with E-state index in [9.17, 15) is 0 Å². The van der Waals surface area contributed by atoms with Crippen molar-refractivity contribution in [1.29, 1.82) is 0 Å². The Hall–Kier alpha value is -1.73. The van der Waals surface area contributed by atoms with Crippen molar-refractivity contribution in [3.63, 3.8) is 0 Å². The fourth-order valence-electron chi connectivity index (χ4n) is 2.45. The van der Waals surface area contributed by atoms with E-state index in [1.54, 1.807) is 11.3 Å². The summed E-state index contributed by atoms with van der Waals surface area (Å²) in [4.78, 5) is 5.51. The first-order chi connectivity index (χ1) is 12.1. The van der Waals surface area contributed by atoms with Crippen LogP contribution in [0, 0.1) is 17.4 Å². The zero-order chi connectivity index (χ0) is 17.8. The topological polar surface area (TPSA) is 29.6 Å². The number of thiazole rings is 1. The molecule has 3 aromatic rings. The molecule has 0 radical (unpaired) electrons. The predicted octanol–water partition coefficient (Wildman–Crippen LogP) is 5.24. The molecule has 0 saturated heterocycles. The summed E-state index contributed by atoms with van der Waals surface area (Å²) in [7, 11) is 0. The second-order valence-corrected chi connectivity index (χ2v) is 7.75. The lowest BCUT2D eigenvalue weighted by molar-refractivity contribution is 0.833. The van der Waals surface area contributed by atoms with Gasteiger partial charge in [-0.3, -0.25) is 4.99 Å². The van der Waals surface area contributed by atoms with Gasteiger partial charge in [-0.2, -0.15) is 5.10 Å². The highest BCUT2D eigenvalue weighted by Crippen LogP contribution is 2.23. The fraction of sp³-hybridized carbons (Fsp3) is 0.200. The van der Waals surface area contributed by atoms with E-state index in [4.69, 9.17) is 5.10 Å². The van der Waals surface area contributed by atoms with Gasteiger partial charge in [-0.25, -0.2) is 4.68 Å². The molecule has 0 amide bonds. The maximum atomic E-state index is 4.75. The monoisotopic (exact) mass is 461 g/mol. The summed E-state index contributed by atoms with van der Waals surface area (Å²) >= 11 is 3.96. The third-order valence-electron chi connectivity index (χ3n) is 4.00. The zero-order valence-electron chi connectivity index (χ0n) is 14.5. The van der Waals surface area contributed by atoms with Crippen molar-refractivity contribution < 1.29 is 0 Å². The highest BCUT2D eigenvalue weighted by Gasteiger charge is 2.08. The van der Waals surface area contributed by atoms with Crippen molar-refractivity contribution in [3.05, 3.63) is 72.9 Å². The number of hydrogen-bond acceptors (Lipinski definition) is 3. The van der Waals surface area contributed by atoms with E-state index in [2.05, 4.69) is 77.1 Å². The van der Waals surface area contributed by atoms with E-state index in [-0.39, 0.29) is 0 Å². The van der Waals surface area contributed by atoms with Gasteiger partial charge in [0.05, 0.1) is 11.9 Å². The predicted molar refractivity (Wildman–Crippen MR) is 115 cm³/mol. The Morgan fingerprint density at radius 2 is 1.92 bits per heavy atom. The quantitative estimate of drug-likeness (QED) is 0.376. The van der Waals surface area contributed by atoms with Gasteiger partial charge in [-0.15, -0.1) is 11.3 Å². The number of hydrogen-bond donors (Lipinski definition) is 0. The Balaban J connectivity index is 2.11. The summed E-state index contributed by atoms with van der Waals surface area (Å²) in [6, 6.07) is 14.8. The summed E-state index contributed by atoms with van der Waals surface area (Å²) in [5.41, 5.74) is 5.92. The lowest BCUT2D eigenvalue weighted by atomic mass is 10.1. The van der Waals surface area contributed by atoms with Crippen LogP contribution < -0.4 is 4.80 Å². The summed E-state index contributed by atoms with van der Waals surface area (Å²) in [5.74, 6) is 0. The maximum Gasteiger partial charge on any atom is 0.206 e. The molecule has 1 aromatic heterocycles. The van der Waals surface area contributed by atoms with Gasteiger partial charge in [0.2, 0.25) is 4.80 Å². The van der Waals surface area contributed by atoms with Crippen molar-refractivity contribution in [2.45, 2.75) is 20.8 Å². The third kappa shape index (κ3) is 4.10. The molecule has 0 aliphatic carbocycles. The van der Waals surface area contributed by atoms with Crippen LogP contribution in [0.1, 0.15) is 23.6 Å². The van der Waals surface area contributed by atoms with Crippen LogP contribution in [0.15, 0.2) is 57.9 Å². The van der Waals surface area contributed by atoms with Crippen LogP contribution in [-0.2, 0) is 0 Å². The molecule has 0 aliphatic heterocycles. The average molecular weight is 461 g/mol. The highest BCUT2D eigenvalue weighted by molar-refractivity contribution is 14.1. The van der Waals surface area contributed by atoms with Gasteiger partial charge < -0.3 is 0 Å². The Kier molecular flexibility index (Phi) is 5.86. The lowest BCUT2D eigenvalue weighted by Gasteiger charge is -2.07. The zero-order valence-corrected chi connectivity index (χ0v) is 17.5. The van der Waals surface area contributed by atoms with Crippen LogP contribution >= 0.6 is 33.9 Å². The summed E-state index contributed by atoms with van der Waals surface area (Å²) in [6.07, 6.45) is 1.91. The molecule has 25 heavy (non-hydrogen) atoms. The van der Waals surface area contributed by atoms with Gasteiger partial charge >= 0.3 is 0 Å². The largest absolute Gasteiger partial charge is 0.258 e. The highest BCUT2D eigenvalue weighted by atomic mass is 127. The first kappa shape index (κ1) is 18.1. The molecular weight excluding hydrogens is 441 g/mol. The molecule has 128 valence electrons. The minimum atomic E-state index is 0.741. The Morgan fingerprint density at radius 3 is 2.64 bits per heavy atom. The Morgan fingerprint density at radius 1 is 1.12 bits per heavy atom. The van der Waals surface area contributed by atoms with Crippen LogP contribution in [-0.4, -0.2) is 17.4 Å². The van der Waals surface area contributed by atoms with Crippen LogP contribution in [0.5, 0.6) is 0 Å². The van der Waals surface area contributed by atoms with E-state index in [0.29, 0.717) is 0 Å². The van der Waals surface area contributed by atoms with Crippen molar-refractivity contribution in [1.82, 2.24) is 4.68 Å². The van der Waals surface area contributed by atoms with Gasteiger partial charge in [0.25, 0.3) is 0 Å². The molecule has 3 nitrogen and oxygen atoms in total. The molecule has 0 aliphatic rings. The molecule has 0 fully saturated rings. The van der Waals surface area contributed by atoms with Crippen molar-refractivity contribution in [3.8, 4) is 11.3 Å². The van der Waals surface area contributed by atoms with Crippen LogP contribution in [0.25, 0.3) is 11.3 Å². The summed E-state index contributed by atoms with van der Waals surface area (Å²) in [6.45, 7) is 7.06. The molecule has 0 bridgehead atoms. The lowest BCUT2D eigenvalue weighted by Crippen LogP contribution is -2.12. The second kappa shape index (κ2) is 8.10. The molecule has 0 N–H and O–H groups in total. The summed E-state index contributed by atoms with van der Waals surface area (Å²) < 4.78 is 3.13. The standard InChI is InChI=1S/C20H20IN3S/c1-4-22-20-24(23-12-17-7-5-6-8-18(17)21)19(13-25-20)16-10-9-14(2)15(3)11-16/h5-13H,4H2,1-3H3/b22-20?,23-12+. The van der Waals surface area contributed by atoms with Crippen LogP contribution in [0.3, 0.4) is 0 Å².